The molecule has 31 heavy (non-hydrogen) atoms. The smallest absolute Gasteiger partial charge is 0.359 e. The maximum absolute atomic E-state index is 12.9. The molecule has 0 aliphatic heterocycles. The summed E-state index contributed by atoms with van der Waals surface area (Å²) in [5.41, 5.74) is 2.53. The van der Waals surface area contributed by atoms with Gasteiger partial charge in [-0.3, -0.25) is 4.79 Å². The molecule has 0 saturated heterocycles. The number of aromatic nitrogens is 4. The molecule has 7 heteroatoms. The molecule has 0 atom stereocenters. The van der Waals surface area contributed by atoms with Gasteiger partial charge in [0.1, 0.15) is 12.3 Å². The van der Waals surface area contributed by atoms with Crippen molar-refractivity contribution in [3.05, 3.63) is 76.1 Å². The molecule has 0 fully saturated rings. The molecule has 160 valence electrons. The highest BCUT2D eigenvalue weighted by molar-refractivity contribution is 6.02. The maximum Gasteiger partial charge on any atom is 0.359 e. The van der Waals surface area contributed by atoms with Gasteiger partial charge in [0.15, 0.2) is 5.69 Å². The maximum atomic E-state index is 12.9. The molecule has 0 spiro atoms. The fourth-order valence-electron chi connectivity index (χ4n) is 3.66. The minimum Gasteiger partial charge on any atom is -0.454 e. The molecular formula is C24H26N4O3. The number of unbranched alkanes of at least 4 members (excludes halogenated alkanes) is 3. The van der Waals surface area contributed by atoms with Gasteiger partial charge in [-0.15, -0.1) is 0 Å². The van der Waals surface area contributed by atoms with Crippen molar-refractivity contribution in [3.8, 4) is 0 Å². The number of hydrogen-bond donors (Lipinski definition) is 0. The zero-order chi connectivity index (χ0) is 21.8. The van der Waals surface area contributed by atoms with E-state index in [1.54, 1.807) is 24.3 Å². The number of hydrogen-bond acceptors (Lipinski definition) is 5. The van der Waals surface area contributed by atoms with E-state index >= 15 is 0 Å². The van der Waals surface area contributed by atoms with E-state index in [0.29, 0.717) is 23.0 Å². The van der Waals surface area contributed by atoms with Crippen molar-refractivity contribution in [2.75, 3.05) is 0 Å². The van der Waals surface area contributed by atoms with Gasteiger partial charge in [-0.05, 0) is 31.0 Å². The number of nitrogens with zero attached hydrogens (tertiary/aromatic N) is 4. The number of ether oxygens (including phenoxy) is 1. The van der Waals surface area contributed by atoms with Crippen molar-refractivity contribution in [1.29, 1.82) is 0 Å². The summed E-state index contributed by atoms with van der Waals surface area (Å²) in [6, 6.07) is 10.9. The number of aryl methyl sites for hydroxylation is 2. The van der Waals surface area contributed by atoms with Crippen molar-refractivity contribution in [2.24, 2.45) is 0 Å². The van der Waals surface area contributed by atoms with Gasteiger partial charge in [0.25, 0.3) is 5.56 Å². The molecular weight excluding hydrogens is 392 g/mol. The monoisotopic (exact) mass is 418 g/mol. The van der Waals surface area contributed by atoms with Gasteiger partial charge in [0.2, 0.25) is 0 Å². The summed E-state index contributed by atoms with van der Waals surface area (Å²) in [6.07, 6.45) is 7.89. The van der Waals surface area contributed by atoms with Crippen LogP contribution >= 0.6 is 0 Å². The van der Waals surface area contributed by atoms with Crippen molar-refractivity contribution >= 4 is 22.4 Å². The molecule has 4 rings (SSSR count). The summed E-state index contributed by atoms with van der Waals surface area (Å²) in [6.45, 7) is 4.66. The molecule has 0 aliphatic rings. The van der Waals surface area contributed by atoms with E-state index < -0.39 is 5.97 Å². The highest BCUT2D eigenvalue weighted by Gasteiger charge is 2.18. The summed E-state index contributed by atoms with van der Waals surface area (Å²) in [5, 5.41) is 5.35. The predicted molar refractivity (Wildman–Crippen MR) is 119 cm³/mol. The van der Waals surface area contributed by atoms with E-state index in [1.165, 1.54) is 4.68 Å². The molecule has 0 aliphatic carbocycles. The van der Waals surface area contributed by atoms with Crippen LogP contribution in [0.1, 0.15) is 54.4 Å². The predicted octanol–water partition coefficient (Wildman–Crippen LogP) is 4.29. The van der Waals surface area contributed by atoms with Crippen molar-refractivity contribution < 1.29 is 9.53 Å². The zero-order valence-corrected chi connectivity index (χ0v) is 17.9. The molecule has 0 bridgehead atoms. The molecule has 4 aromatic rings. The van der Waals surface area contributed by atoms with Crippen LogP contribution in [0.2, 0.25) is 0 Å². The summed E-state index contributed by atoms with van der Waals surface area (Å²) in [5.74, 6) is -0.563. The highest BCUT2D eigenvalue weighted by Crippen LogP contribution is 2.16. The van der Waals surface area contributed by atoms with Crippen molar-refractivity contribution in [3.63, 3.8) is 0 Å². The van der Waals surface area contributed by atoms with E-state index in [4.69, 9.17) is 4.74 Å². The number of esters is 1. The second-order valence-electron chi connectivity index (χ2n) is 7.76. The molecule has 0 amide bonds. The summed E-state index contributed by atoms with van der Waals surface area (Å²) >= 11 is 0. The fraction of sp³-hybridized carbons (Fsp3) is 0.333. The van der Waals surface area contributed by atoms with E-state index in [1.807, 2.05) is 35.9 Å². The highest BCUT2D eigenvalue weighted by atomic mass is 16.5. The third kappa shape index (κ3) is 4.50. The topological polar surface area (TPSA) is 78.5 Å². The quantitative estimate of drug-likeness (QED) is 0.315. The van der Waals surface area contributed by atoms with Crippen LogP contribution in [0.4, 0.5) is 0 Å². The van der Waals surface area contributed by atoms with Crippen LogP contribution in [0.25, 0.3) is 16.4 Å². The molecule has 0 unspecified atom stereocenters. The van der Waals surface area contributed by atoms with Gasteiger partial charge in [-0.25, -0.2) is 14.5 Å². The number of carbonyl (C=O) groups excluding carboxylic acids is 1. The van der Waals surface area contributed by atoms with Crippen LogP contribution in [0.5, 0.6) is 0 Å². The van der Waals surface area contributed by atoms with Crippen LogP contribution in [0.15, 0.2) is 53.6 Å². The van der Waals surface area contributed by atoms with E-state index in [9.17, 15) is 9.59 Å². The molecule has 0 radical (unpaired) electrons. The number of imidazole rings is 1. The van der Waals surface area contributed by atoms with Gasteiger partial charge in [-0.1, -0.05) is 50.5 Å². The first-order valence-electron chi connectivity index (χ1n) is 10.7. The third-order valence-corrected chi connectivity index (χ3v) is 5.28. The van der Waals surface area contributed by atoms with Crippen LogP contribution in [0, 0.1) is 6.92 Å². The number of benzene rings is 1. The van der Waals surface area contributed by atoms with Crippen LogP contribution < -0.4 is 5.56 Å². The first-order valence-corrected chi connectivity index (χ1v) is 10.7. The lowest BCUT2D eigenvalue weighted by Crippen LogP contribution is -2.26. The molecule has 1 aromatic carbocycles. The Kier molecular flexibility index (Phi) is 6.11. The number of fused-ring (bicyclic) bond motifs is 2. The van der Waals surface area contributed by atoms with Crippen molar-refractivity contribution in [2.45, 2.75) is 52.7 Å². The van der Waals surface area contributed by atoms with Gasteiger partial charge in [-0.2, -0.15) is 5.10 Å². The van der Waals surface area contributed by atoms with Crippen LogP contribution in [0.3, 0.4) is 0 Å². The van der Waals surface area contributed by atoms with E-state index in [-0.39, 0.29) is 17.9 Å². The standard InChI is InChI=1S/C24H26N4O3/c1-3-4-5-8-13-28-23(29)20-10-7-6-9-19(20)22(26-28)24(30)31-16-18-15-27-14-17(2)11-12-21(27)25-18/h6-7,9-12,14-15H,3-5,8,13,16H2,1-2H3. The Labute approximate surface area is 180 Å². The van der Waals surface area contributed by atoms with Gasteiger partial charge in [0.05, 0.1) is 11.1 Å². The molecule has 7 nitrogen and oxygen atoms in total. The Morgan fingerprint density at radius 1 is 1.03 bits per heavy atom. The first kappa shape index (κ1) is 20.8. The molecule has 3 aromatic heterocycles. The van der Waals surface area contributed by atoms with Crippen LogP contribution in [-0.4, -0.2) is 25.1 Å². The van der Waals surface area contributed by atoms with Gasteiger partial charge >= 0.3 is 5.97 Å². The average molecular weight is 418 g/mol. The normalized spacial score (nSPS) is 11.3. The third-order valence-electron chi connectivity index (χ3n) is 5.28. The van der Waals surface area contributed by atoms with Gasteiger partial charge < -0.3 is 9.14 Å². The molecule has 0 N–H and O–H groups in total. The minimum absolute atomic E-state index is 0.0329. The Balaban J connectivity index is 1.58. The van der Waals surface area contributed by atoms with Gasteiger partial charge in [0, 0.05) is 24.3 Å². The number of rotatable bonds is 8. The lowest BCUT2D eigenvalue weighted by molar-refractivity contribution is 0.0461. The average Bonchev–Trinajstić information content (AvgIpc) is 3.18. The Bertz CT molecular complexity index is 1290. The number of carbonyl (C=O) groups is 1. The fourth-order valence-corrected chi connectivity index (χ4v) is 3.66. The zero-order valence-electron chi connectivity index (χ0n) is 17.9. The Morgan fingerprint density at radius 2 is 1.84 bits per heavy atom. The number of pyridine rings is 1. The van der Waals surface area contributed by atoms with E-state index in [2.05, 4.69) is 17.0 Å². The molecule has 3 heterocycles. The summed E-state index contributed by atoms with van der Waals surface area (Å²) < 4.78 is 8.82. The second kappa shape index (κ2) is 9.12. The van der Waals surface area contributed by atoms with Crippen molar-refractivity contribution in [1.82, 2.24) is 19.2 Å². The Morgan fingerprint density at radius 3 is 2.65 bits per heavy atom. The lowest BCUT2D eigenvalue weighted by atomic mass is 10.1. The SMILES string of the molecule is CCCCCCn1nc(C(=O)OCc2cn3cc(C)ccc3n2)c2ccccc2c1=O. The summed E-state index contributed by atoms with van der Waals surface area (Å²) in [7, 11) is 0. The molecule has 0 saturated carbocycles. The lowest BCUT2D eigenvalue weighted by Gasteiger charge is -2.10. The minimum atomic E-state index is -0.563. The summed E-state index contributed by atoms with van der Waals surface area (Å²) in [4.78, 5) is 30.2. The Hall–Kier alpha value is -3.48. The largest absolute Gasteiger partial charge is 0.454 e. The van der Waals surface area contributed by atoms with E-state index in [0.717, 1.165) is 36.9 Å². The van der Waals surface area contributed by atoms with Crippen LogP contribution in [-0.2, 0) is 17.9 Å². The second-order valence-corrected chi connectivity index (χ2v) is 7.76. The first-order chi connectivity index (χ1) is 15.1.